The summed E-state index contributed by atoms with van der Waals surface area (Å²) in [6.07, 6.45) is 2.29. The summed E-state index contributed by atoms with van der Waals surface area (Å²) in [6, 6.07) is -0.126. The van der Waals surface area contributed by atoms with Gasteiger partial charge in [-0.05, 0) is 26.4 Å². The molecule has 17 heavy (non-hydrogen) atoms. The predicted octanol–water partition coefficient (Wildman–Crippen LogP) is -0.369. The number of carbonyl (C=O) groups excluding carboxylic acids is 2. The molecule has 0 aromatic rings. The smallest absolute Gasteiger partial charge is 0.243 e. The fraction of sp³-hybridized carbons (Fsp3) is 0.818. The second-order valence-corrected chi connectivity index (χ2v) is 4.82. The lowest BCUT2D eigenvalue weighted by Crippen LogP contribution is -2.49. The van der Waals surface area contributed by atoms with Crippen molar-refractivity contribution in [3.63, 3.8) is 0 Å². The highest BCUT2D eigenvalue weighted by molar-refractivity contribution is 7.80. The van der Waals surface area contributed by atoms with Gasteiger partial charge in [0.2, 0.25) is 11.8 Å². The maximum atomic E-state index is 11.8. The van der Waals surface area contributed by atoms with Crippen LogP contribution < -0.4 is 10.6 Å². The van der Waals surface area contributed by atoms with Gasteiger partial charge in [-0.2, -0.15) is 12.6 Å². The molecule has 98 valence electrons. The van der Waals surface area contributed by atoms with Crippen LogP contribution in [0.2, 0.25) is 0 Å². The van der Waals surface area contributed by atoms with E-state index in [1.807, 2.05) is 0 Å². The molecule has 0 radical (unpaired) electrons. The number of rotatable bonds is 5. The van der Waals surface area contributed by atoms with Crippen molar-refractivity contribution in [2.24, 2.45) is 0 Å². The molecule has 0 aromatic heterocycles. The quantitative estimate of drug-likeness (QED) is 0.591. The van der Waals surface area contributed by atoms with Crippen LogP contribution in [0.15, 0.2) is 0 Å². The van der Waals surface area contributed by atoms with Crippen molar-refractivity contribution >= 4 is 24.4 Å². The second kappa shape index (κ2) is 6.86. The Morgan fingerprint density at radius 1 is 1.53 bits per heavy atom. The number of thiol groups is 1. The molecule has 0 saturated carbocycles. The Balaban J connectivity index is 2.34. The van der Waals surface area contributed by atoms with Crippen molar-refractivity contribution in [3.8, 4) is 0 Å². The zero-order valence-electron chi connectivity index (χ0n) is 10.4. The molecule has 0 aromatic carbocycles. The highest BCUT2D eigenvalue weighted by Gasteiger charge is 2.23. The minimum absolute atomic E-state index is 0.157. The lowest BCUT2D eigenvalue weighted by atomic mass is 10.2. The molecule has 2 atom stereocenters. The molecule has 0 bridgehead atoms. The summed E-state index contributed by atoms with van der Waals surface area (Å²) in [6.45, 7) is 3.12. The lowest BCUT2D eigenvalue weighted by Gasteiger charge is -2.21. The molecule has 1 aliphatic rings. The Labute approximate surface area is 108 Å². The fourth-order valence-corrected chi connectivity index (χ4v) is 2.28. The standard InChI is InChI=1S/C11H21N3O2S/c1-8(15)13-10(7-17)11(16)12-6-9-4-3-5-14(9)2/h9-10,17H,3-7H2,1-2H3,(H,12,16)(H,13,15). The molecule has 0 aliphatic carbocycles. The van der Waals surface area contributed by atoms with E-state index in [1.54, 1.807) is 0 Å². The summed E-state index contributed by atoms with van der Waals surface area (Å²) in [5, 5.41) is 5.44. The van der Waals surface area contributed by atoms with E-state index in [-0.39, 0.29) is 11.8 Å². The third-order valence-corrected chi connectivity index (χ3v) is 3.43. The topological polar surface area (TPSA) is 61.4 Å². The van der Waals surface area contributed by atoms with E-state index < -0.39 is 6.04 Å². The summed E-state index contributed by atoms with van der Waals surface area (Å²) in [7, 11) is 2.06. The molecule has 1 heterocycles. The van der Waals surface area contributed by atoms with Crippen LogP contribution in [0.1, 0.15) is 19.8 Å². The van der Waals surface area contributed by atoms with Crippen LogP contribution in [0.3, 0.4) is 0 Å². The maximum absolute atomic E-state index is 11.8. The van der Waals surface area contributed by atoms with Crippen molar-refractivity contribution in [3.05, 3.63) is 0 Å². The molecule has 1 aliphatic heterocycles. The first-order valence-electron chi connectivity index (χ1n) is 5.90. The minimum atomic E-state index is -0.539. The van der Waals surface area contributed by atoms with Crippen molar-refractivity contribution in [1.82, 2.24) is 15.5 Å². The van der Waals surface area contributed by atoms with Crippen LogP contribution in [0.5, 0.6) is 0 Å². The van der Waals surface area contributed by atoms with E-state index in [2.05, 4.69) is 35.2 Å². The van der Waals surface area contributed by atoms with Crippen LogP contribution in [-0.2, 0) is 9.59 Å². The van der Waals surface area contributed by atoms with Gasteiger partial charge in [-0.25, -0.2) is 0 Å². The maximum Gasteiger partial charge on any atom is 0.243 e. The summed E-state index contributed by atoms with van der Waals surface area (Å²) < 4.78 is 0. The average molecular weight is 259 g/mol. The number of amides is 2. The third-order valence-electron chi connectivity index (χ3n) is 3.06. The van der Waals surface area contributed by atoms with Crippen molar-refractivity contribution in [2.45, 2.75) is 31.8 Å². The Morgan fingerprint density at radius 3 is 2.71 bits per heavy atom. The highest BCUT2D eigenvalue weighted by atomic mass is 32.1. The van der Waals surface area contributed by atoms with Crippen LogP contribution in [-0.4, -0.2) is 54.7 Å². The fourth-order valence-electron chi connectivity index (χ4n) is 2.02. The van der Waals surface area contributed by atoms with Crippen LogP contribution in [0.4, 0.5) is 0 Å². The van der Waals surface area contributed by atoms with Gasteiger partial charge in [0.05, 0.1) is 0 Å². The van der Waals surface area contributed by atoms with E-state index in [1.165, 1.54) is 13.3 Å². The van der Waals surface area contributed by atoms with Crippen LogP contribution in [0.25, 0.3) is 0 Å². The van der Waals surface area contributed by atoms with Gasteiger partial charge in [0.1, 0.15) is 6.04 Å². The monoisotopic (exact) mass is 259 g/mol. The summed E-state index contributed by atoms with van der Waals surface area (Å²) >= 11 is 4.06. The number of nitrogens with one attached hydrogen (secondary N) is 2. The molecular weight excluding hydrogens is 238 g/mol. The Hall–Kier alpha value is -0.750. The van der Waals surface area contributed by atoms with E-state index in [0.29, 0.717) is 18.3 Å². The summed E-state index contributed by atoms with van der Waals surface area (Å²) in [4.78, 5) is 24.9. The highest BCUT2D eigenvalue weighted by Crippen LogP contribution is 2.13. The molecule has 1 fully saturated rings. The lowest BCUT2D eigenvalue weighted by molar-refractivity contribution is -0.127. The summed E-state index contributed by atoms with van der Waals surface area (Å²) in [5.74, 6) is -0.0565. The number of hydrogen-bond acceptors (Lipinski definition) is 4. The van der Waals surface area contributed by atoms with E-state index >= 15 is 0 Å². The molecule has 5 nitrogen and oxygen atoms in total. The van der Waals surface area contributed by atoms with Gasteiger partial charge in [-0.15, -0.1) is 0 Å². The van der Waals surface area contributed by atoms with Gasteiger partial charge in [0.25, 0.3) is 0 Å². The molecule has 6 heteroatoms. The van der Waals surface area contributed by atoms with Crippen molar-refractivity contribution in [1.29, 1.82) is 0 Å². The largest absolute Gasteiger partial charge is 0.353 e. The van der Waals surface area contributed by atoms with E-state index in [0.717, 1.165) is 13.0 Å². The molecule has 2 amide bonds. The average Bonchev–Trinajstić information content (AvgIpc) is 2.68. The van der Waals surface area contributed by atoms with Crippen molar-refractivity contribution < 1.29 is 9.59 Å². The molecule has 2 unspecified atom stereocenters. The van der Waals surface area contributed by atoms with Gasteiger partial charge < -0.3 is 15.5 Å². The SMILES string of the molecule is CC(=O)NC(CS)C(=O)NCC1CCCN1C. The molecular formula is C11H21N3O2S. The Bertz CT molecular complexity index is 286. The van der Waals surface area contributed by atoms with Gasteiger partial charge in [-0.3, -0.25) is 9.59 Å². The normalized spacial score (nSPS) is 22.2. The Morgan fingerprint density at radius 2 is 2.24 bits per heavy atom. The summed E-state index contributed by atoms with van der Waals surface area (Å²) in [5.41, 5.74) is 0. The molecule has 1 saturated heterocycles. The number of likely N-dealkylation sites (N-methyl/N-ethyl adjacent to an activating group) is 1. The van der Waals surface area contributed by atoms with Gasteiger partial charge in [-0.1, -0.05) is 0 Å². The first-order valence-corrected chi connectivity index (χ1v) is 6.53. The third kappa shape index (κ3) is 4.55. The number of likely N-dealkylation sites (tertiary alicyclic amines) is 1. The number of hydrogen-bond donors (Lipinski definition) is 3. The first-order chi connectivity index (χ1) is 8.04. The van der Waals surface area contributed by atoms with E-state index in [4.69, 9.17) is 0 Å². The van der Waals surface area contributed by atoms with Crippen LogP contribution in [0, 0.1) is 0 Å². The predicted molar refractivity (Wildman–Crippen MR) is 70.1 cm³/mol. The zero-order chi connectivity index (χ0) is 12.8. The van der Waals surface area contributed by atoms with Gasteiger partial charge in [0.15, 0.2) is 0 Å². The minimum Gasteiger partial charge on any atom is -0.353 e. The Kier molecular flexibility index (Phi) is 5.77. The first kappa shape index (κ1) is 14.3. The number of nitrogens with zero attached hydrogens (tertiary/aromatic N) is 1. The molecule has 2 N–H and O–H groups in total. The molecule has 0 spiro atoms. The van der Waals surface area contributed by atoms with E-state index in [9.17, 15) is 9.59 Å². The van der Waals surface area contributed by atoms with Crippen LogP contribution >= 0.6 is 12.6 Å². The zero-order valence-corrected chi connectivity index (χ0v) is 11.3. The van der Waals surface area contributed by atoms with Gasteiger partial charge >= 0.3 is 0 Å². The molecule has 1 rings (SSSR count). The van der Waals surface area contributed by atoms with Gasteiger partial charge in [0, 0.05) is 25.3 Å². The number of carbonyl (C=O) groups is 2. The van der Waals surface area contributed by atoms with Crippen molar-refractivity contribution in [2.75, 3.05) is 25.9 Å². The second-order valence-electron chi connectivity index (χ2n) is 4.46.